The fraction of sp³-hybridized carbons (Fsp3) is 0.263. The molecular weight excluding hydrogens is 382 g/mol. The third-order valence-electron chi connectivity index (χ3n) is 4.30. The number of hydrogen-bond donors (Lipinski definition) is 1. The van der Waals surface area contributed by atoms with E-state index >= 15 is 0 Å². The van der Waals surface area contributed by atoms with Gasteiger partial charge in [-0.05, 0) is 66.1 Å². The summed E-state index contributed by atoms with van der Waals surface area (Å²) in [5.41, 5.74) is 4.13. The summed E-state index contributed by atoms with van der Waals surface area (Å²) >= 11 is 7.31. The minimum Gasteiger partial charge on any atom is -0.349 e. The first-order chi connectivity index (χ1) is 13.0. The van der Waals surface area contributed by atoms with Gasteiger partial charge in [-0.1, -0.05) is 47.6 Å². The SMILES string of the molecule is Cc1cccc(-n2nnnc2SCC(=O)N[C@H](C)c2cccc(Cl)c2)c1C. The molecule has 1 amide bonds. The van der Waals surface area contributed by atoms with Crippen molar-refractivity contribution in [3.63, 3.8) is 0 Å². The van der Waals surface area contributed by atoms with Crippen molar-refractivity contribution in [1.29, 1.82) is 0 Å². The molecule has 0 radical (unpaired) electrons. The maximum absolute atomic E-state index is 12.3. The molecule has 3 rings (SSSR count). The van der Waals surface area contributed by atoms with Crippen LogP contribution in [0, 0.1) is 13.8 Å². The third kappa shape index (κ3) is 4.67. The summed E-state index contributed by atoms with van der Waals surface area (Å²) in [4.78, 5) is 12.3. The van der Waals surface area contributed by atoms with Crippen molar-refractivity contribution < 1.29 is 4.79 Å². The summed E-state index contributed by atoms with van der Waals surface area (Å²) in [6.45, 7) is 6.00. The molecule has 0 fully saturated rings. The summed E-state index contributed by atoms with van der Waals surface area (Å²) in [5, 5.41) is 16.1. The van der Waals surface area contributed by atoms with Crippen molar-refractivity contribution in [2.45, 2.75) is 32.0 Å². The number of aromatic nitrogens is 4. The number of rotatable bonds is 6. The number of halogens is 1. The normalized spacial score (nSPS) is 12.0. The molecule has 1 heterocycles. The van der Waals surface area contributed by atoms with Crippen LogP contribution in [-0.4, -0.2) is 31.9 Å². The van der Waals surface area contributed by atoms with Gasteiger partial charge in [-0.15, -0.1) is 5.10 Å². The zero-order chi connectivity index (χ0) is 19.4. The maximum Gasteiger partial charge on any atom is 0.230 e. The zero-order valence-corrected chi connectivity index (χ0v) is 16.9. The van der Waals surface area contributed by atoms with Crippen LogP contribution in [0.25, 0.3) is 5.69 Å². The van der Waals surface area contributed by atoms with E-state index in [-0.39, 0.29) is 17.7 Å². The predicted molar refractivity (Wildman–Crippen MR) is 107 cm³/mol. The van der Waals surface area contributed by atoms with Gasteiger partial charge in [0.05, 0.1) is 17.5 Å². The Balaban J connectivity index is 1.65. The number of nitrogens with one attached hydrogen (secondary N) is 1. The van der Waals surface area contributed by atoms with Crippen LogP contribution < -0.4 is 5.32 Å². The summed E-state index contributed by atoms with van der Waals surface area (Å²) in [7, 11) is 0. The van der Waals surface area contributed by atoms with Gasteiger partial charge in [-0.2, -0.15) is 4.68 Å². The Morgan fingerprint density at radius 2 is 2.04 bits per heavy atom. The molecule has 8 heteroatoms. The molecule has 0 aliphatic carbocycles. The van der Waals surface area contributed by atoms with Crippen LogP contribution in [0.4, 0.5) is 0 Å². The quantitative estimate of drug-likeness (QED) is 0.634. The maximum atomic E-state index is 12.3. The van der Waals surface area contributed by atoms with Crippen molar-refractivity contribution >= 4 is 29.3 Å². The van der Waals surface area contributed by atoms with Gasteiger partial charge in [0.15, 0.2) is 0 Å². The summed E-state index contributed by atoms with van der Waals surface area (Å²) in [6.07, 6.45) is 0. The van der Waals surface area contributed by atoms with Crippen LogP contribution in [0.15, 0.2) is 47.6 Å². The highest BCUT2D eigenvalue weighted by Crippen LogP contribution is 2.23. The zero-order valence-electron chi connectivity index (χ0n) is 15.3. The minimum atomic E-state index is -0.133. The Labute approximate surface area is 167 Å². The van der Waals surface area contributed by atoms with Gasteiger partial charge in [-0.3, -0.25) is 4.79 Å². The van der Waals surface area contributed by atoms with E-state index in [1.165, 1.54) is 11.8 Å². The highest BCUT2D eigenvalue weighted by molar-refractivity contribution is 7.99. The lowest BCUT2D eigenvalue weighted by Crippen LogP contribution is -2.28. The van der Waals surface area contributed by atoms with Crippen LogP contribution in [-0.2, 0) is 4.79 Å². The highest BCUT2D eigenvalue weighted by Gasteiger charge is 2.15. The molecule has 1 atom stereocenters. The van der Waals surface area contributed by atoms with E-state index in [0.29, 0.717) is 10.2 Å². The number of carbonyl (C=O) groups excluding carboxylic acids is 1. The number of hydrogen-bond acceptors (Lipinski definition) is 5. The standard InChI is InChI=1S/C19H20ClN5OS/c1-12-6-4-9-17(13(12)2)25-19(22-23-24-25)27-11-18(26)21-14(3)15-7-5-8-16(20)10-15/h4-10,14H,11H2,1-3H3,(H,21,26)/t14-/m1/s1. The number of carbonyl (C=O) groups is 1. The molecule has 0 aliphatic heterocycles. The molecule has 2 aromatic carbocycles. The van der Waals surface area contributed by atoms with E-state index in [1.807, 2.05) is 63.2 Å². The van der Waals surface area contributed by atoms with Gasteiger partial charge in [0.25, 0.3) is 0 Å². The molecular formula is C19H20ClN5OS. The fourth-order valence-electron chi connectivity index (χ4n) is 2.66. The second-order valence-electron chi connectivity index (χ2n) is 6.23. The lowest BCUT2D eigenvalue weighted by Gasteiger charge is -2.14. The van der Waals surface area contributed by atoms with E-state index in [1.54, 1.807) is 4.68 Å². The van der Waals surface area contributed by atoms with E-state index in [9.17, 15) is 4.79 Å². The number of nitrogens with zero attached hydrogens (tertiary/aromatic N) is 4. The predicted octanol–water partition coefficient (Wildman–Crippen LogP) is 3.90. The molecule has 0 bridgehead atoms. The van der Waals surface area contributed by atoms with Crippen molar-refractivity contribution in [2.24, 2.45) is 0 Å². The van der Waals surface area contributed by atoms with Crippen molar-refractivity contribution in [3.8, 4) is 5.69 Å². The van der Waals surface area contributed by atoms with Gasteiger partial charge in [0.2, 0.25) is 11.1 Å². The second-order valence-corrected chi connectivity index (χ2v) is 7.60. The molecule has 27 heavy (non-hydrogen) atoms. The third-order valence-corrected chi connectivity index (χ3v) is 5.46. The highest BCUT2D eigenvalue weighted by atomic mass is 35.5. The molecule has 0 saturated carbocycles. The lowest BCUT2D eigenvalue weighted by molar-refractivity contribution is -0.119. The smallest absolute Gasteiger partial charge is 0.230 e. The fourth-order valence-corrected chi connectivity index (χ4v) is 3.55. The van der Waals surface area contributed by atoms with Crippen LogP contribution in [0.3, 0.4) is 0 Å². The van der Waals surface area contributed by atoms with E-state index in [2.05, 4.69) is 20.8 Å². The Kier molecular flexibility index (Phi) is 6.13. The van der Waals surface area contributed by atoms with Gasteiger partial charge >= 0.3 is 0 Å². The van der Waals surface area contributed by atoms with Crippen LogP contribution in [0.1, 0.15) is 29.7 Å². The first-order valence-electron chi connectivity index (χ1n) is 8.48. The van der Waals surface area contributed by atoms with Crippen molar-refractivity contribution in [3.05, 3.63) is 64.2 Å². The van der Waals surface area contributed by atoms with E-state index < -0.39 is 0 Å². The van der Waals surface area contributed by atoms with Gasteiger partial charge in [0, 0.05) is 5.02 Å². The van der Waals surface area contributed by atoms with Crippen LogP contribution in [0.5, 0.6) is 0 Å². The molecule has 0 spiro atoms. The minimum absolute atomic E-state index is 0.0945. The lowest BCUT2D eigenvalue weighted by atomic mass is 10.1. The number of aryl methyl sites for hydroxylation is 1. The topological polar surface area (TPSA) is 72.7 Å². The van der Waals surface area contributed by atoms with Crippen LogP contribution >= 0.6 is 23.4 Å². The summed E-state index contributed by atoms with van der Waals surface area (Å²) in [5.74, 6) is 0.124. The molecule has 0 aliphatic rings. The Hall–Kier alpha value is -2.38. The molecule has 1 aromatic heterocycles. The Morgan fingerprint density at radius 1 is 1.26 bits per heavy atom. The monoisotopic (exact) mass is 401 g/mol. The molecule has 0 unspecified atom stereocenters. The van der Waals surface area contributed by atoms with Crippen molar-refractivity contribution in [1.82, 2.24) is 25.5 Å². The first kappa shape index (κ1) is 19.4. The molecule has 1 N–H and O–H groups in total. The average molecular weight is 402 g/mol. The van der Waals surface area contributed by atoms with E-state index in [0.717, 1.165) is 22.4 Å². The summed E-state index contributed by atoms with van der Waals surface area (Å²) < 4.78 is 1.67. The molecule has 6 nitrogen and oxygen atoms in total. The first-order valence-corrected chi connectivity index (χ1v) is 9.84. The number of tetrazole rings is 1. The Morgan fingerprint density at radius 3 is 2.81 bits per heavy atom. The number of thioether (sulfide) groups is 1. The largest absolute Gasteiger partial charge is 0.349 e. The molecule has 140 valence electrons. The second kappa shape index (κ2) is 8.54. The molecule has 0 saturated heterocycles. The van der Waals surface area contributed by atoms with Gasteiger partial charge < -0.3 is 5.32 Å². The average Bonchev–Trinajstić information content (AvgIpc) is 3.10. The number of amides is 1. The van der Waals surface area contributed by atoms with Gasteiger partial charge in [0.1, 0.15) is 0 Å². The summed E-state index contributed by atoms with van der Waals surface area (Å²) in [6, 6.07) is 13.3. The Bertz CT molecular complexity index is 959. The number of benzene rings is 2. The van der Waals surface area contributed by atoms with Gasteiger partial charge in [-0.25, -0.2) is 0 Å². The van der Waals surface area contributed by atoms with E-state index in [4.69, 9.17) is 11.6 Å². The molecule has 3 aromatic rings. The van der Waals surface area contributed by atoms with Crippen molar-refractivity contribution in [2.75, 3.05) is 5.75 Å². The van der Waals surface area contributed by atoms with Crippen LogP contribution in [0.2, 0.25) is 5.02 Å².